The summed E-state index contributed by atoms with van der Waals surface area (Å²) < 4.78 is 5.43. The normalized spacial score (nSPS) is 13.9. The molecule has 1 saturated heterocycles. The monoisotopic (exact) mass is 338 g/mol. The summed E-state index contributed by atoms with van der Waals surface area (Å²) in [6.45, 7) is 8.50. The first-order chi connectivity index (χ1) is 11.5. The number of ether oxygens (including phenoxy) is 1. The first-order valence-corrected chi connectivity index (χ1v) is 8.14. The van der Waals surface area contributed by atoms with E-state index in [1.54, 1.807) is 0 Å². The topological polar surface area (TPSA) is 99.1 Å². The van der Waals surface area contributed by atoms with Crippen LogP contribution < -0.4 is 10.1 Å². The summed E-state index contributed by atoms with van der Waals surface area (Å²) in [6, 6.07) is 8.35. The van der Waals surface area contributed by atoms with E-state index in [2.05, 4.69) is 22.3 Å². The van der Waals surface area contributed by atoms with Gasteiger partial charge in [-0.15, -0.1) is 0 Å². The van der Waals surface area contributed by atoms with E-state index in [4.69, 9.17) is 24.5 Å². The van der Waals surface area contributed by atoms with E-state index in [1.807, 2.05) is 19.1 Å². The van der Waals surface area contributed by atoms with Crippen molar-refractivity contribution < 1.29 is 24.5 Å². The van der Waals surface area contributed by atoms with Crippen LogP contribution in [0.1, 0.15) is 25.3 Å². The first kappa shape index (κ1) is 19.9. The molecule has 0 spiro atoms. The van der Waals surface area contributed by atoms with E-state index in [1.165, 1.54) is 38.0 Å². The molecule has 1 aliphatic heterocycles. The van der Waals surface area contributed by atoms with Crippen molar-refractivity contribution in [3.63, 3.8) is 0 Å². The van der Waals surface area contributed by atoms with Gasteiger partial charge >= 0.3 is 11.9 Å². The molecular weight excluding hydrogens is 312 g/mol. The fourth-order valence-corrected chi connectivity index (χ4v) is 2.35. The van der Waals surface area contributed by atoms with E-state index in [9.17, 15) is 0 Å². The minimum Gasteiger partial charge on any atom is -0.494 e. The largest absolute Gasteiger partial charge is 0.494 e. The number of nitrogens with one attached hydrogen (secondary N) is 1. The average Bonchev–Trinajstić information content (AvgIpc) is 3.07. The van der Waals surface area contributed by atoms with E-state index < -0.39 is 11.9 Å². The summed E-state index contributed by atoms with van der Waals surface area (Å²) in [5.74, 6) is -2.69. The van der Waals surface area contributed by atoms with Gasteiger partial charge in [0.05, 0.1) is 6.61 Å². The highest BCUT2D eigenvalue weighted by Crippen LogP contribution is 2.11. The fraction of sp³-hybridized carbons (Fsp3) is 0.529. The van der Waals surface area contributed by atoms with Crippen molar-refractivity contribution in [2.75, 3.05) is 32.8 Å². The maximum atomic E-state index is 9.10. The second-order valence-electron chi connectivity index (χ2n) is 5.41. The molecule has 0 bridgehead atoms. The van der Waals surface area contributed by atoms with Crippen LogP contribution in [0.15, 0.2) is 24.3 Å². The van der Waals surface area contributed by atoms with Crippen molar-refractivity contribution >= 4 is 11.9 Å². The average molecular weight is 338 g/mol. The molecule has 2 rings (SSSR count). The van der Waals surface area contributed by atoms with Gasteiger partial charge < -0.3 is 25.2 Å². The molecular formula is C17H26N2O5. The molecule has 7 nitrogen and oxygen atoms in total. The van der Waals surface area contributed by atoms with Gasteiger partial charge in [-0.3, -0.25) is 0 Å². The molecule has 0 atom stereocenters. The maximum Gasteiger partial charge on any atom is 0.414 e. The predicted octanol–water partition coefficient (Wildman–Crippen LogP) is 1.43. The molecule has 0 saturated carbocycles. The van der Waals surface area contributed by atoms with Crippen LogP contribution in [0.25, 0.3) is 0 Å². The Morgan fingerprint density at radius 3 is 2.21 bits per heavy atom. The lowest BCUT2D eigenvalue weighted by Gasteiger charge is -2.14. The molecule has 1 aromatic carbocycles. The maximum absolute atomic E-state index is 9.10. The van der Waals surface area contributed by atoms with Gasteiger partial charge in [0.25, 0.3) is 0 Å². The number of rotatable bonds is 7. The second kappa shape index (κ2) is 11.4. The summed E-state index contributed by atoms with van der Waals surface area (Å²) in [7, 11) is 0. The zero-order chi connectivity index (χ0) is 17.8. The molecule has 0 aliphatic carbocycles. The third kappa shape index (κ3) is 8.50. The highest BCUT2D eigenvalue weighted by Gasteiger charge is 2.09. The molecule has 0 aromatic heterocycles. The summed E-state index contributed by atoms with van der Waals surface area (Å²) in [5.41, 5.74) is 1.32. The molecule has 0 unspecified atom stereocenters. The van der Waals surface area contributed by atoms with Gasteiger partial charge in [-0.05, 0) is 50.6 Å². The Morgan fingerprint density at radius 2 is 1.71 bits per heavy atom. The number of aliphatic carboxylic acids is 2. The minimum absolute atomic E-state index is 0.730. The second-order valence-corrected chi connectivity index (χ2v) is 5.41. The molecule has 24 heavy (non-hydrogen) atoms. The van der Waals surface area contributed by atoms with Crippen molar-refractivity contribution in [3.05, 3.63) is 29.8 Å². The van der Waals surface area contributed by atoms with Crippen LogP contribution in [0.5, 0.6) is 5.75 Å². The molecule has 0 radical (unpaired) electrons. The Kier molecular flexibility index (Phi) is 9.48. The van der Waals surface area contributed by atoms with Gasteiger partial charge in [0, 0.05) is 19.6 Å². The van der Waals surface area contributed by atoms with Crippen LogP contribution in [0, 0.1) is 0 Å². The van der Waals surface area contributed by atoms with E-state index in [0.717, 1.165) is 25.4 Å². The van der Waals surface area contributed by atoms with Crippen LogP contribution in [-0.2, 0) is 16.1 Å². The van der Waals surface area contributed by atoms with Crippen LogP contribution in [0.2, 0.25) is 0 Å². The van der Waals surface area contributed by atoms with Crippen LogP contribution in [-0.4, -0.2) is 59.8 Å². The molecule has 0 amide bonds. The van der Waals surface area contributed by atoms with Gasteiger partial charge in [-0.25, -0.2) is 9.59 Å². The van der Waals surface area contributed by atoms with Crippen LogP contribution in [0.3, 0.4) is 0 Å². The number of carboxylic acids is 2. The summed E-state index contributed by atoms with van der Waals surface area (Å²) in [5, 5.41) is 18.3. The first-order valence-electron chi connectivity index (χ1n) is 8.14. The number of hydrogen-bond donors (Lipinski definition) is 3. The Morgan fingerprint density at radius 1 is 1.12 bits per heavy atom. The number of nitrogens with zero attached hydrogens (tertiary/aromatic N) is 1. The molecule has 1 heterocycles. The van der Waals surface area contributed by atoms with Crippen molar-refractivity contribution in [3.8, 4) is 5.75 Å². The predicted molar refractivity (Wildman–Crippen MR) is 90.3 cm³/mol. The number of benzene rings is 1. The van der Waals surface area contributed by atoms with Crippen LogP contribution >= 0.6 is 0 Å². The quantitative estimate of drug-likeness (QED) is 0.511. The Hall–Kier alpha value is -2.12. The molecule has 134 valence electrons. The number of likely N-dealkylation sites (tertiary alicyclic amines) is 1. The zero-order valence-electron chi connectivity index (χ0n) is 14.0. The van der Waals surface area contributed by atoms with Crippen molar-refractivity contribution in [2.24, 2.45) is 0 Å². The Bertz CT molecular complexity index is 486. The number of hydrogen-bond acceptors (Lipinski definition) is 5. The SMILES string of the molecule is CCOc1ccc(CNCCN2CCCC2)cc1.O=C(O)C(=O)O. The lowest BCUT2D eigenvalue weighted by molar-refractivity contribution is -0.159. The number of carboxylic acid groups (broad SMARTS) is 2. The molecule has 1 aromatic rings. The standard InChI is InChI=1S/C15H24N2O.C2H2O4/c1-2-18-15-7-5-14(6-8-15)13-16-9-12-17-10-3-4-11-17;3-1(4)2(5)6/h5-8,16H,2-4,9-13H2,1H3;(H,3,4)(H,5,6). The summed E-state index contributed by atoms with van der Waals surface area (Å²) >= 11 is 0. The van der Waals surface area contributed by atoms with E-state index >= 15 is 0 Å². The van der Waals surface area contributed by atoms with Crippen molar-refractivity contribution in [1.82, 2.24) is 10.2 Å². The third-order valence-electron chi connectivity index (χ3n) is 3.55. The van der Waals surface area contributed by atoms with E-state index in [0.29, 0.717) is 0 Å². The molecule has 1 aliphatic rings. The zero-order valence-corrected chi connectivity index (χ0v) is 14.0. The minimum atomic E-state index is -1.82. The van der Waals surface area contributed by atoms with E-state index in [-0.39, 0.29) is 0 Å². The smallest absolute Gasteiger partial charge is 0.414 e. The van der Waals surface area contributed by atoms with Gasteiger partial charge in [0.1, 0.15) is 5.75 Å². The molecule has 1 fully saturated rings. The lowest BCUT2D eigenvalue weighted by atomic mass is 10.2. The van der Waals surface area contributed by atoms with Gasteiger partial charge in [-0.1, -0.05) is 12.1 Å². The van der Waals surface area contributed by atoms with Gasteiger partial charge in [-0.2, -0.15) is 0 Å². The van der Waals surface area contributed by atoms with Crippen LogP contribution in [0.4, 0.5) is 0 Å². The highest BCUT2D eigenvalue weighted by molar-refractivity contribution is 6.27. The Balaban J connectivity index is 0.000000413. The van der Waals surface area contributed by atoms with Gasteiger partial charge in [0.15, 0.2) is 0 Å². The summed E-state index contributed by atoms with van der Waals surface area (Å²) in [6.07, 6.45) is 2.75. The summed E-state index contributed by atoms with van der Waals surface area (Å²) in [4.78, 5) is 20.7. The lowest BCUT2D eigenvalue weighted by Crippen LogP contribution is -2.29. The highest BCUT2D eigenvalue weighted by atomic mass is 16.5. The van der Waals surface area contributed by atoms with Gasteiger partial charge in [0.2, 0.25) is 0 Å². The fourth-order valence-electron chi connectivity index (χ4n) is 2.35. The van der Waals surface area contributed by atoms with Crippen molar-refractivity contribution in [1.29, 1.82) is 0 Å². The third-order valence-corrected chi connectivity index (χ3v) is 3.55. The van der Waals surface area contributed by atoms with Crippen molar-refractivity contribution in [2.45, 2.75) is 26.3 Å². The molecule has 7 heteroatoms. The Labute approximate surface area is 142 Å². The molecule has 3 N–H and O–H groups in total. The number of carbonyl (C=O) groups is 2.